The zero-order valence-electron chi connectivity index (χ0n) is 13.6. The van der Waals surface area contributed by atoms with E-state index in [0.717, 1.165) is 16.2 Å². The Morgan fingerprint density at radius 2 is 2.22 bits per heavy atom. The lowest BCUT2D eigenvalue weighted by Gasteiger charge is -2.49. The molecule has 1 aromatic rings. The summed E-state index contributed by atoms with van der Waals surface area (Å²) in [6.45, 7) is 3.56. The van der Waals surface area contributed by atoms with E-state index in [-0.39, 0.29) is 27.7 Å². The van der Waals surface area contributed by atoms with Crippen molar-refractivity contribution in [3.8, 4) is 0 Å². The topological polar surface area (TPSA) is 190 Å². The third-order valence-corrected chi connectivity index (χ3v) is 5.79. The number of thiazole rings is 1. The molecule has 144 valence electrons. The first-order chi connectivity index (χ1) is 12.4. The second-order valence-electron chi connectivity index (χ2n) is 5.26. The molecule has 0 saturated carbocycles. The Labute approximate surface area is 160 Å². The molecule has 0 bridgehead atoms. The van der Waals surface area contributed by atoms with Crippen LogP contribution in [0.1, 0.15) is 5.69 Å². The maximum atomic E-state index is 12.4. The highest BCUT2D eigenvalue weighted by Crippen LogP contribution is 2.40. The molecular formula is C14H15N5O6S2. The lowest BCUT2D eigenvalue weighted by Crippen LogP contribution is -2.71. The van der Waals surface area contributed by atoms with E-state index >= 15 is 0 Å². The van der Waals surface area contributed by atoms with Gasteiger partial charge in [0.05, 0.1) is 0 Å². The number of carbonyl (C=O) groups excluding carboxylic acids is 2. The van der Waals surface area contributed by atoms with Crippen LogP contribution in [-0.2, 0) is 14.4 Å². The highest BCUT2D eigenvalue weighted by Gasteiger charge is 2.54. The van der Waals surface area contributed by atoms with E-state index < -0.39 is 29.2 Å². The second kappa shape index (κ2) is 7.77. The van der Waals surface area contributed by atoms with Crippen LogP contribution in [0.2, 0.25) is 0 Å². The number of anilines is 1. The van der Waals surface area contributed by atoms with Crippen molar-refractivity contribution in [2.24, 2.45) is 5.16 Å². The van der Waals surface area contributed by atoms with Crippen molar-refractivity contribution in [2.75, 3.05) is 11.5 Å². The Balaban J connectivity index is 0.00000261. The van der Waals surface area contributed by atoms with Crippen LogP contribution in [0.15, 0.2) is 34.5 Å². The quantitative estimate of drug-likeness (QED) is 0.204. The Morgan fingerprint density at radius 1 is 1.52 bits per heavy atom. The van der Waals surface area contributed by atoms with Crippen LogP contribution in [0.4, 0.5) is 5.13 Å². The number of carboxylic acids is 1. The molecule has 0 aromatic carbocycles. The highest BCUT2D eigenvalue weighted by atomic mass is 32.2. The summed E-state index contributed by atoms with van der Waals surface area (Å²) in [5.41, 5.74) is 5.49. The van der Waals surface area contributed by atoms with Crippen molar-refractivity contribution in [1.29, 1.82) is 0 Å². The van der Waals surface area contributed by atoms with Gasteiger partial charge in [0.1, 0.15) is 22.8 Å². The van der Waals surface area contributed by atoms with Gasteiger partial charge in [-0.25, -0.2) is 9.78 Å². The summed E-state index contributed by atoms with van der Waals surface area (Å²) in [5, 5.41) is 24.9. The number of aliphatic carboxylic acids is 1. The molecule has 13 heteroatoms. The maximum absolute atomic E-state index is 12.4. The number of hydrogen-bond acceptors (Lipinski definition) is 9. The van der Waals surface area contributed by atoms with Crippen LogP contribution in [0.25, 0.3) is 0 Å². The summed E-state index contributed by atoms with van der Waals surface area (Å²) in [7, 11) is 0. The number of allylic oxidation sites excluding steroid dienone is 1. The molecule has 11 nitrogen and oxygen atoms in total. The number of carboxylic acid groups (broad SMARTS) is 1. The third-order valence-electron chi connectivity index (χ3n) is 3.81. The maximum Gasteiger partial charge on any atom is 0.352 e. The number of thioether (sulfide) groups is 1. The van der Waals surface area contributed by atoms with E-state index in [4.69, 9.17) is 10.9 Å². The fourth-order valence-corrected chi connectivity index (χ4v) is 4.51. The molecule has 2 aliphatic heterocycles. The number of β-lactam (4-membered cyclic amide) rings is 1. The van der Waals surface area contributed by atoms with Gasteiger partial charge >= 0.3 is 5.97 Å². The summed E-state index contributed by atoms with van der Waals surface area (Å²) in [4.78, 5) is 41.2. The van der Waals surface area contributed by atoms with E-state index in [1.165, 1.54) is 23.2 Å². The summed E-state index contributed by atoms with van der Waals surface area (Å²) in [6.07, 6.45) is 1.40. The van der Waals surface area contributed by atoms with Gasteiger partial charge in [-0.15, -0.1) is 23.1 Å². The van der Waals surface area contributed by atoms with Gasteiger partial charge in [-0.1, -0.05) is 17.8 Å². The van der Waals surface area contributed by atoms with Gasteiger partial charge in [0.25, 0.3) is 11.8 Å². The molecule has 27 heavy (non-hydrogen) atoms. The molecule has 2 aliphatic rings. The van der Waals surface area contributed by atoms with E-state index in [1.54, 1.807) is 0 Å². The summed E-state index contributed by atoms with van der Waals surface area (Å²) < 4.78 is 0. The molecule has 1 saturated heterocycles. The number of nitrogen functional groups attached to an aromatic ring is 1. The van der Waals surface area contributed by atoms with Crippen LogP contribution in [0, 0.1) is 0 Å². The predicted octanol–water partition coefficient (Wildman–Crippen LogP) is -0.996. The number of nitrogens with zero attached hydrogens (tertiary/aromatic N) is 3. The number of aromatic nitrogens is 1. The van der Waals surface area contributed by atoms with Gasteiger partial charge in [0.2, 0.25) is 0 Å². The smallest absolute Gasteiger partial charge is 0.352 e. The molecule has 2 atom stereocenters. The number of carbonyl (C=O) groups is 3. The molecule has 7 N–H and O–H groups in total. The lowest BCUT2D eigenvalue weighted by atomic mass is 10.0. The molecule has 2 unspecified atom stereocenters. The van der Waals surface area contributed by atoms with Crippen molar-refractivity contribution in [1.82, 2.24) is 15.2 Å². The number of rotatable bonds is 5. The molecule has 3 heterocycles. The summed E-state index contributed by atoms with van der Waals surface area (Å²) >= 11 is 2.37. The Morgan fingerprint density at radius 3 is 2.74 bits per heavy atom. The van der Waals surface area contributed by atoms with Crippen LogP contribution < -0.4 is 11.1 Å². The number of oxime groups is 1. The van der Waals surface area contributed by atoms with Crippen LogP contribution in [0.3, 0.4) is 0 Å². The van der Waals surface area contributed by atoms with E-state index in [2.05, 4.69) is 22.0 Å². The molecule has 0 aliphatic carbocycles. The molecule has 2 amide bonds. The fraction of sp³-hybridized carbons (Fsp3) is 0.214. The fourth-order valence-electron chi connectivity index (χ4n) is 2.62. The van der Waals surface area contributed by atoms with Gasteiger partial charge in [0.15, 0.2) is 10.8 Å². The zero-order valence-corrected chi connectivity index (χ0v) is 15.2. The molecule has 1 fully saturated rings. The van der Waals surface area contributed by atoms with E-state index in [0.29, 0.717) is 11.3 Å². The Bertz CT molecular complexity index is 879. The first-order valence-corrected chi connectivity index (χ1v) is 9.09. The van der Waals surface area contributed by atoms with Crippen LogP contribution >= 0.6 is 23.1 Å². The van der Waals surface area contributed by atoms with Gasteiger partial charge in [0, 0.05) is 11.1 Å². The molecule has 3 rings (SSSR count). The van der Waals surface area contributed by atoms with Gasteiger partial charge in [-0.05, 0) is 5.57 Å². The number of hydrogen-bond donors (Lipinski definition) is 4. The van der Waals surface area contributed by atoms with Crippen LogP contribution in [0.5, 0.6) is 0 Å². The zero-order chi connectivity index (χ0) is 19.0. The van der Waals surface area contributed by atoms with E-state index in [1.807, 2.05) is 0 Å². The minimum Gasteiger partial charge on any atom is -0.477 e. The monoisotopic (exact) mass is 413 g/mol. The Kier molecular flexibility index (Phi) is 5.88. The first kappa shape index (κ1) is 20.4. The average Bonchev–Trinajstić information content (AvgIpc) is 3.04. The largest absolute Gasteiger partial charge is 0.477 e. The minimum atomic E-state index is -1.24. The molecule has 1 aromatic heterocycles. The van der Waals surface area contributed by atoms with Crippen molar-refractivity contribution in [3.63, 3.8) is 0 Å². The lowest BCUT2D eigenvalue weighted by molar-refractivity contribution is -0.150. The number of nitrogens with one attached hydrogen (secondary N) is 1. The van der Waals surface area contributed by atoms with Crippen molar-refractivity contribution >= 4 is 51.7 Å². The summed E-state index contributed by atoms with van der Waals surface area (Å²) in [6, 6.07) is -0.944. The first-order valence-electron chi connectivity index (χ1n) is 7.16. The number of amides is 2. The Hall–Kier alpha value is -2.90. The van der Waals surface area contributed by atoms with Crippen molar-refractivity contribution in [3.05, 3.63) is 35.0 Å². The van der Waals surface area contributed by atoms with Gasteiger partial charge < -0.3 is 26.8 Å². The number of fused-ring (bicyclic) bond motifs is 1. The van der Waals surface area contributed by atoms with Gasteiger partial charge in [-0.3, -0.25) is 14.5 Å². The minimum absolute atomic E-state index is 0. The standard InChI is InChI=1S/C14H13N5O5S2.H2O/c1-2-5-3-25-12-8(11(21)19(12)9(5)13(22)23)17-10(20)7(18-24)6-4-26-14(15)16-6;/h2,4,8,12,24H,1,3H2,(H2,15,16)(H,17,20)(H,22,23);1H2. The van der Waals surface area contributed by atoms with Crippen LogP contribution in [-0.4, -0.2) is 66.3 Å². The third kappa shape index (κ3) is 3.39. The molecule has 0 radical (unpaired) electrons. The van der Waals surface area contributed by atoms with Gasteiger partial charge in [-0.2, -0.15) is 0 Å². The summed E-state index contributed by atoms with van der Waals surface area (Å²) in [5.74, 6) is -2.27. The molecule has 0 spiro atoms. The second-order valence-corrected chi connectivity index (χ2v) is 7.26. The highest BCUT2D eigenvalue weighted by molar-refractivity contribution is 8.00. The normalized spacial score (nSPS) is 21.7. The molecular weight excluding hydrogens is 398 g/mol. The average molecular weight is 413 g/mol. The predicted molar refractivity (Wildman–Crippen MR) is 98.3 cm³/mol. The van der Waals surface area contributed by atoms with Crippen molar-refractivity contribution < 1.29 is 30.2 Å². The van der Waals surface area contributed by atoms with E-state index in [9.17, 15) is 19.5 Å². The SMILES string of the molecule is C=CC1=C(C(=O)O)N2C(=O)C(NC(=O)C(=NO)c3csc(N)n3)C2SC1.O. The number of nitrogens with two attached hydrogens (primary N) is 1. The van der Waals surface area contributed by atoms with Crippen molar-refractivity contribution in [2.45, 2.75) is 11.4 Å².